The van der Waals surface area contributed by atoms with Crippen LogP contribution in [-0.4, -0.2) is 21.3 Å². The molecular weight excluding hydrogens is 281 g/mol. The molecule has 1 unspecified atom stereocenters. The van der Waals surface area contributed by atoms with Crippen molar-refractivity contribution in [3.63, 3.8) is 0 Å². The molecule has 0 aliphatic carbocycles. The normalized spacial score (nSPS) is 12.6. The Kier molecular flexibility index (Phi) is 4.95. The second kappa shape index (κ2) is 6.71. The highest BCUT2D eigenvalue weighted by atomic mass is 19.2. The van der Waals surface area contributed by atoms with Gasteiger partial charge in [-0.05, 0) is 31.2 Å². The van der Waals surface area contributed by atoms with Gasteiger partial charge in [-0.1, -0.05) is 6.92 Å². The number of halogens is 3. The van der Waals surface area contributed by atoms with Crippen LogP contribution >= 0.6 is 0 Å². The fourth-order valence-electron chi connectivity index (χ4n) is 2.22. The molecule has 1 aromatic heterocycles. The van der Waals surface area contributed by atoms with Gasteiger partial charge >= 0.3 is 0 Å². The van der Waals surface area contributed by atoms with E-state index >= 15 is 0 Å². The summed E-state index contributed by atoms with van der Waals surface area (Å²) in [5, 5.41) is 7.19. The van der Waals surface area contributed by atoms with E-state index in [1.165, 1.54) is 6.33 Å². The van der Waals surface area contributed by atoms with Crippen molar-refractivity contribution < 1.29 is 13.2 Å². The molecule has 21 heavy (non-hydrogen) atoms. The highest BCUT2D eigenvalue weighted by Crippen LogP contribution is 2.22. The molecule has 114 valence electrons. The van der Waals surface area contributed by atoms with E-state index in [2.05, 4.69) is 15.4 Å². The first kappa shape index (κ1) is 15.5. The van der Waals surface area contributed by atoms with Gasteiger partial charge < -0.3 is 5.32 Å². The number of benzene rings is 1. The standard InChI is InChI=1S/C14H17F3N4/c1-3-18-12(7-13-19-8-20-21(13)4-2)9-5-10(15)14(17)11(16)6-9/h5-6,8,12,18H,3-4,7H2,1-2H3. The van der Waals surface area contributed by atoms with Crippen molar-refractivity contribution in [1.29, 1.82) is 0 Å². The lowest BCUT2D eigenvalue weighted by Gasteiger charge is -2.18. The third-order valence-corrected chi connectivity index (χ3v) is 3.24. The Morgan fingerprint density at radius 1 is 1.19 bits per heavy atom. The SMILES string of the molecule is CCNC(Cc1ncnn1CC)c1cc(F)c(F)c(F)c1. The minimum Gasteiger partial charge on any atom is -0.310 e. The predicted molar refractivity (Wildman–Crippen MR) is 72.1 cm³/mol. The lowest BCUT2D eigenvalue weighted by atomic mass is 10.0. The van der Waals surface area contributed by atoms with Crippen molar-refractivity contribution in [3.05, 3.63) is 47.3 Å². The van der Waals surface area contributed by atoms with E-state index in [1.54, 1.807) is 4.68 Å². The number of rotatable bonds is 6. The summed E-state index contributed by atoms with van der Waals surface area (Å²) in [6, 6.07) is 1.66. The van der Waals surface area contributed by atoms with E-state index in [9.17, 15) is 13.2 Å². The minimum absolute atomic E-state index is 0.346. The van der Waals surface area contributed by atoms with Crippen molar-refractivity contribution in [1.82, 2.24) is 20.1 Å². The Morgan fingerprint density at radius 2 is 1.86 bits per heavy atom. The summed E-state index contributed by atoms with van der Waals surface area (Å²) in [5.74, 6) is -3.13. The van der Waals surface area contributed by atoms with Crippen LogP contribution in [0.1, 0.15) is 31.3 Å². The molecule has 7 heteroatoms. The van der Waals surface area contributed by atoms with Crippen molar-refractivity contribution in [3.8, 4) is 0 Å². The first-order valence-corrected chi connectivity index (χ1v) is 6.81. The largest absolute Gasteiger partial charge is 0.310 e. The lowest BCUT2D eigenvalue weighted by Crippen LogP contribution is -2.25. The van der Waals surface area contributed by atoms with Gasteiger partial charge in [0.05, 0.1) is 0 Å². The molecule has 4 nitrogen and oxygen atoms in total. The summed E-state index contributed by atoms with van der Waals surface area (Å²) < 4.78 is 41.5. The van der Waals surface area contributed by atoms with Gasteiger partial charge in [-0.2, -0.15) is 5.10 Å². The van der Waals surface area contributed by atoms with E-state index in [-0.39, 0.29) is 6.04 Å². The summed E-state index contributed by atoms with van der Waals surface area (Å²) in [4.78, 5) is 4.15. The molecule has 1 N–H and O–H groups in total. The second-order valence-electron chi connectivity index (χ2n) is 4.60. The topological polar surface area (TPSA) is 42.7 Å². The van der Waals surface area contributed by atoms with E-state index in [1.807, 2.05) is 13.8 Å². The van der Waals surface area contributed by atoms with Crippen molar-refractivity contribution in [2.75, 3.05) is 6.54 Å². The van der Waals surface area contributed by atoms with E-state index in [4.69, 9.17) is 0 Å². The second-order valence-corrected chi connectivity index (χ2v) is 4.60. The number of likely N-dealkylation sites (N-methyl/N-ethyl adjacent to an activating group) is 1. The zero-order valence-electron chi connectivity index (χ0n) is 11.9. The Balaban J connectivity index is 2.31. The number of hydrogen-bond donors (Lipinski definition) is 1. The van der Waals surface area contributed by atoms with Crippen LogP contribution in [0.5, 0.6) is 0 Å². The Hall–Kier alpha value is -1.89. The van der Waals surface area contributed by atoms with Gasteiger partial charge in [0.1, 0.15) is 12.2 Å². The number of hydrogen-bond acceptors (Lipinski definition) is 3. The van der Waals surface area contributed by atoms with Crippen molar-refractivity contribution in [2.45, 2.75) is 32.9 Å². The minimum atomic E-state index is -1.45. The Morgan fingerprint density at radius 3 is 2.43 bits per heavy atom. The van der Waals surface area contributed by atoms with Gasteiger partial charge in [-0.3, -0.25) is 4.68 Å². The van der Waals surface area contributed by atoms with Crippen LogP contribution in [-0.2, 0) is 13.0 Å². The average Bonchev–Trinajstić information content (AvgIpc) is 2.91. The third-order valence-electron chi connectivity index (χ3n) is 3.24. The first-order valence-electron chi connectivity index (χ1n) is 6.81. The van der Waals surface area contributed by atoms with Gasteiger partial charge in [0.2, 0.25) is 0 Å². The number of nitrogens with one attached hydrogen (secondary N) is 1. The van der Waals surface area contributed by atoms with E-state index < -0.39 is 17.5 Å². The number of aromatic nitrogens is 3. The molecule has 1 atom stereocenters. The maximum absolute atomic E-state index is 13.4. The molecule has 0 bridgehead atoms. The van der Waals surface area contributed by atoms with E-state index in [0.717, 1.165) is 12.1 Å². The molecule has 2 rings (SSSR count). The lowest BCUT2D eigenvalue weighted by molar-refractivity contribution is 0.437. The van der Waals surface area contributed by atoms with Gasteiger partial charge in [0.15, 0.2) is 17.5 Å². The molecule has 1 heterocycles. The average molecular weight is 298 g/mol. The third kappa shape index (κ3) is 3.41. The number of nitrogens with zero attached hydrogens (tertiary/aromatic N) is 3. The van der Waals surface area contributed by atoms with Crippen molar-refractivity contribution >= 4 is 0 Å². The molecule has 0 fully saturated rings. The van der Waals surface area contributed by atoms with E-state index in [0.29, 0.717) is 30.9 Å². The molecule has 0 spiro atoms. The van der Waals surface area contributed by atoms with Gasteiger partial charge in [-0.25, -0.2) is 18.2 Å². The molecule has 0 saturated heterocycles. The highest BCUT2D eigenvalue weighted by molar-refractivity contribution is 5.23. The summed E-state index contributed by atoms with van der Waals surface area (Å²) in [6.07, 6.45) is 1.85. The monoisotopic (exact) mass is 298 g/mol. The predicted octanol–water partition coefficient (Wildman–Crippen LogP) is 2.61. The fourth-order valence-corrected chi connectivity index (χ4v) is 2.22. The Bertz CT molecular complexity index is 589. The maximum Gasteiger partial charge on any atom is 0.194 e. The molecule has 2 aromatic rings. The highest BCUT2D eigenvalue weighted by Gasteiger charge is 2.19. The van der Waals surface area contributed by atoms with Crippen LogP contribution in [0.4, 0.5) is 13.2 Å². The molecule has 0 aliphatic heterocycles. The quantitative estimate of drug-likeness (QED) is 0.834. The van der Waals surface area contributed by atoms with Crippen LogP contribution in [0.3, 0.4) is 0 Å². The zero-order chi connectivity index (χ0) is 15.4. The molecular formula is C14H17F3N4. The van der Waals surface area contributed by atoms with Crippen LogP contribution in [0.25, 0.3) is 0 Å². The molecule has 0 amide bonds. The smallest absolute Gasteiger partial charge is 0.194 e. The molecule has 0 aliphatic rings. The van der Waals surface area contributed by atoms with Crippen LogP contribution in [0.2, 0.25) is 0 Å². The Labute approximate surface area is 121 Å². The van der Waals surface area contributed by atoms with Gasteiger partial charge in [-0.15, -0.1) is 0 Å². The number of aryl methyl sites for hydroxylation is 1. The summed E-state index contributed by atoms with van der Waals surface area (Å²) in [5.41, 5.74) is 0.346. The van der Waals surface area contributed by atoms with Crippen LogP contribution < -0.4 is 5.32 Å². The summed E-state index contributed by atoms with van der Waals surface area (Å²) in [7, 11) is 0. The van der Waals surface area contributed by atoms with Gasteiger partial charge in [0.25, 0.3) is 0 Å². The fraction of sp³-hybridized carbons (Fsp3) is 0.429. The van der Waals surface area contributed by atoms with Crippen molar-refractivity contribution in [2.24, 2.45) is 0 Å². The van der Waals surface area contributed by atoms with Crippen LogP contribution in [0.15, 0.2) is 18.5 Å². The molecule has 0 saturated carbocycles. The van der Waals surface area contributed by atoms with Crippen LogP contribution in [0, 0.1) is 17.5 Å². The zero-order valence-corrected chi connectivity index (χ0v) is 11.9. The molecule has 1 aromatic carbocycles. The maximum atomic E-state index is 13.4. The summed E-state index contributed by atoms with van der Waals surface area (Å²) >= 11 is 0. The molecule has 0 radical (unpaired) electrons. The summed E-state index contributed by atoms with van der Waals surface area (Å²) in [6.45, 7) is 5.07. The first-order chi connectivity index (χ1) is 10.1. The van der Waals surface area contributed by atoms with Gasteiger partial charge in [0, 0.05) is 19.0 Å².